The molecular formula is C9H5ClF2N2O2. The quantitative estimate of drug-likeness (QED) is 0.768. The Morgan fingerprint density at radius 3 is 2.69 bits per heavy atom. The third-order valence-electron chi connectivity index (χ3n) is 1.76. The molecule has 0 amide bonds. The minimum absolute atomic E-state index is 0.217. The maximum absolute atomic E-state index is 12.7. The van der Waals surface area contributed by atoms with Crippen molar-refractivity contribution in [2.24, 2.45) is 0 Å². The number of alkyl halides is 2. The van der Waals surface area contributed by atoms with Crippen LogP contribution in [0.4, 0.5) is 8.78 Å². The number of nitrogens with zero attached hydrogens (tertiary/aromatic N) is 2. The number of pyridine rings is 1. The standard InChI is InChI=1S/C9H5ClF2N2O2/c1-16-9-6(8(11)12)5(7(10)15)2-4(3-13)14-9/h2,8H,1H3. The molecule has 0 aliphatic heterocycles. The topological polar surface area (TPSA) is 63.0 Å². The lowest BCUT2D eigenvalue weighted by atomic mass is 10.1. The number of halogens is 3. The van der Waals surface area contributed by atoms with Crippen molar-refractivity contribution in [2.45, 2.75) is 6.43 Å². The van der Waals surface area contributed by atoms with Crippen molar-refractivity contribution in [1.29, 1.82) is 5.26 Å². The van der Waals surface area contributed by atoms with Crippen LogP contribution in [0.2, 0.25) is 0 Å². The average Bonchev–Trinajstić information content (AvgIpc) is 2.26. The summed E-state index contributed by atoms with van der Waals surface area (Å²) in [6.45, 7) is 0. The molecule has 0 aliphatic rings. The van der Waals surface area contributed by atoms with Crippen molar-refractivity contribution >= 4 is 16.8 Å². The molecule has 0 radical (unpaired) electrons. The molecule has 0 bridgehead atoms. The van der Waals surface area contributed by atoms with Gasteiger partial charge in [0.1, 0.15) is 11.8 Å². The number of carbonyl (C=O) groups excluding carboxylic acids is 1. The summed E-state index contributed by atoms with van der Waals surface area (Å²) in [7, 11) is 1.11. The SMILES string of the molecule is COc1nc(C#N)cc(C(=O)Cl)c1C(F)F. The summed E-state index contributed by atoms with van der Waals surface area (Å²) < 4.78 is 29.9. The fourth-order valence-corrected chi connectivity index (χ4v) is 1.27. The lowest BCUT2D eigenvalue weighted by Gasteiger charge is -2.09. The van der Waals surface area contributed by atoms with Crippen molar-refractivity contribution in [3.8, 4) is 11.9 Å². The zero-order valence-electron chi connectivity index (χ0n) is 8.00. The van der Waals surface area contributed by atoms with Crippen molar-refractivity contribution in [2.75, 3.05) is 7.11 Å². The van der Waals surface area contributed by atoms with E-state index in [0.29, 0.717) is 0 Å². The minimum atomic E-state index is -2.96. The zero-order valence-corrected chi connectivity index (χ0v) is 8.76. The minimum Gasteiger partial charge on any atom is -0.481 e. The van der Waals surface area contributed by atoms with E-state index in [2.05, 4.69) is 9.72 Å². The van der Waals surface area contributed by atoms with Crippen molar-refractivity contribution in [3.63, 3.8) is 0 Å². The Labute approximate surface area is 94.4 Å². The molecule has 1 heterocycles. The van der Waals surface area contributed by atoms with Gasteiger partial charge >= 0.3 is 0 Å². The second-order valence-corrected chi connectivity index (χ2v) is 3.01. The molecule has 0 unspecified atom stereocenters. The molecule has 1 aromatic heterocycles. The summed E-state index contributed by atoms with van der Waals surface area (Å²) in [5, 5.41) is 7.49. The Hall–Kier alpha value is -1.74. The number of ether oxygens (including phenoxy) is 1. The highest BCUT2D eigenvalue weighted by Crippen LogP contribution is 2.32. The molecule has 7 heteroatoms. The summed E-state index contributed by atoms with van der Waals surface area (Å²) in [6, 6.07) is 2.52. The Balaban J connectivity index is 3.55. The molecule has 0 saturated carbocycles. The smallest absolute Gasteiger partial charge is 0.269 e. The van der Waals surface area contributed by atoms with Crippen LogP contribution in [-0.2, 0) is 0 Å². The van der Waals surface area contributed by atoms with Crippen LogP contribution in [-0.4, -0.2) is 17.3 Å². The van der Waals surface area contributed by atoms with Gasteiger partial charge in [0.05, 0.1) is 18.2 Å². The summed E-state index contributed by atoms with van der Waals surface area (Å²) in [5.41, 5.74) is -1.40. The van der Waals surface area contributed by atoms with E-state index in [1.165, 1.54) is 0 Å². The first-order valence-electron chi connectivity index (χ1n) is 3.98. The normalized spacial score (nSPS) is 10.0. The van der Waals surface area contributed by atoms with E-state index < -0.39 is 28.7 Å². The van der Waals surface area contributed by atoms with Crippen LogP contribution in [0.15, 0.2) is 6.07 Å². The van der Waals surface area contributed by atoms with Gasteiger partial charge in [-0.25, -0.2) is 13.8 Å². The third kappa shape index (κ3) is 2.25. The number of rotatable bonds is 3. The van der Waals surface area contributed by atoms with Crippen LogP contribution in [0.5, 0.6) is 5.88 Å². The van der Waals surface area contributed by atoms with Gasteiger partial charge in [0.2, 0.25) is 5.88 Å². The first-order valence-corrected chi connectivity index (χ1v) is 4.36. The molecule has 0 aromatic carbocycles. The number of aromatic nitrogens is 1. The lowest BCUT2D eigenvalue weighted by Crippen LogP contribution is -2.05. The lowest BCUT2D eigenvalue weighted by molar-refractivity contribution is 0.106. The highest BCUT2D eigenvalue weighted by molar-refractivity contribution is 6.68. The number of nitriles is 1. The van der Waals surface area contributed by atoms with E-state index in [-0.39, 0.29) is 5.69 Å². The van der Waals surface area contributed by atoms with Crippen molar-refractivity contribution in [1.82, 2.24) is 4.98 Å². The van der Waals surface area contributed by atoms with E-state index in [1.807, 2.05) is 0 Å². The van der Waals surface area contributed by atoms with Gasteiger partial charge in [-0.05, 0) is 17.7 Å². The maximum atomic E-state index is 12.7. The fourth-order valence-electron chi connectivity index (χ4n) is 1.12. The van der Waals surface area contributed by atoms with Crippen LogP contribution >= 0.6 is 11.6 Å². The van der Waals surface area contributed by atoms with E-state index in [4.69, 9.17) is 16.9 Å². The maximum Gasteiger partial charge on any atom is 0.269 e. The van der Waals surface area contributed by atoms with E-state index in [0.717, 1.165) is 13.2 Å². The van der Waals surface area contributed by atoms with Crippen LogP contribution in [0, 0.1) is 11.3 Å². The Morgan fingerprint density at radius 1 is 1.69 bits per heavy atom. The Morgan fingerprint density at radius 2 is 2.31 bits per heavy atom. The largest absolute Gasteiger partial charge is 0.481 e. The number of carbonyl (C=O) groups is 1. The highest BCUT2D eigenvalue weighted by Gasteiger charge is 2.24. The van der Waals surface area contributed by atoms with Gasteiger partial charge in [0.25, 0.3) is 11.7 Å². The predicted octanol–water partition coefficient (Wildman–Crippen LogP) is 2.28. The molecule has 1 aromatic rings. The first-order chi connectivity index (χ1) is 7.51. The van der Waals surface area contributed by atoms with E-state index in [9.17, 15) is 13.6 Å². The molecule has 0 atom stereocenters. The average molecular weight is 247 g/mol. The van der Waals surface area contributed by atoms with Crippen molar-refractivity contribution < 1.29 is 18.3 Å². The van der Waals surface area contributed by atoms with Gasteiger partial charge in [-0.3, -0.25) is 4.79 Å². The van der Waals surface area contributed by atoms with Crippen LogP contribution in [0.3, 0.4) is 0 Å². The fraction of sp³-hybridized carbons (Fsp3) is 0.222. The zero-order chi connectivity index (χ0) is 12.3. The third-order valence-corrected chi connectivity index (χ3v) is 1.97. The monoisotopic (exact) mass is 246 g/mol. The van der Waals surface area contributed by atoms with Gasteiger partial charge in [0.15, 0.2) is 0 Å². The molecular weight excluding hydrogens is 242 g/mol. The highest BCUT2D eigenvalue weighted by atomic mass is 35.5. The number of hydrogen-bond acceptors (Lipinski definition) is 4. The summed E-state index contributed by atoms with van der Waals surface area (Å²) in [6.07, 6.45) is -2.96. The Kier molecular flexibility index (Phi) is 3.74. The Bertz CT molecular complexity index is 471. The number of methoxy groups -OCH3 is 1. The van der Waals surface area contributed by atoms with E-state index >= 15 is 0 Å². The summed E-state index contributed by atoms with van der Waals surface area (Å²) in [4.78, 5) is 14.4. The molecule has 4 nitrogen and oxygen atoms in total. The molecule has 0 N–H and O–H groups in total. The molecule has 0 fully saturated rings. The van der Waals surface area contributed by atoms with Gasteiger partial charge < -0.3 is 4.74 Å². The van der Waals surface area contributed by atoms with Crippen molar-refractivity contribution in [3.05, 3.63) is 22.9 Å². The van der Waals surface area contributed by atoms with Gasteiger partial charge in [-0.1, -0.05) is 0 Å². The summed E-state index contributed by atoms with van der Waals surface area (Å²) in [5.74, 6) is -0.474. The van der Waals surface area contributed by atoms with E-state index in [1.54, 1.807) is 6.07 Å². The molecule has 0 spiro atoms. The van der Waals surface area contributed by atoms with Gasteiger partial charge in [0, 0.05) is 0 Å². The molecule has 1 rings (SSSR count). The molecule has 84 valence electrons. The van der Waals surface area contributed by atoms with Gasteiger partial charge in [-0.15, -0.1) is 0 Å². The first kappa shape index (κ1) is 12.3. The number of hydrogen-bond donors (Lipinski definition) is 0. The summed E-state index contributed by atoms with van der Waals surface area (Å²) >= 11 is 5.15. The molecule has 0 saturated heterocycles. The predicted molar refractivity (Wildman–Crippen MR) is 50.6 cm³/mol. The molecule has 0 aliphatic carbocycles. The van der Waals surface area contributed by atoms with Gasteiger partial charge in [-0.2, -0.15) is 5.26 Å². The molecule has 16 heavy (non-hydrogen) atoms. The van der Waals surface area contributed by atoms with Crippen LogP contribution < -0.4 is 4.74 Å². The second kappa shape index (κ2) is 4.86. The van der Waals surface area contributed by atoms with Crippen LogP contribution in [0.25, 0.3) is 0 Å². The second-order valence-electron chi connectivity index (χ2n) is 2.66. The van der Waals surface area contributed by atoms with Crippen LogP contribution in [0.1, 0.15) is 28.0 Å².